The molecule has 0 aromatic heterocycles. The maximum Gasteiger partial charge on any atom is 0.0693 e. The van der Waals surface area contributed by atoms with Gasteiger partial charge in [0.1, 0.15) is 0 Å². The molecule has 2 nitrogen and oxygen atoms in total. The third kappa shape index (κ3) is 3.46. The molecule has 0 heterocycles. The fourth-order valence-corrected chi connectivity index (χ4v) is 3.05. The monoisotopic (exact) mass is 211 g/mol. The van der Waals surface area contributed by atoms with Crippen molar-refractivity contribution < 1.29 is 5.11 Å². The van der Waals surface area contributed by atoms with Gasteiger partial charge in [0.15, 0.2) is 0 Å². The molecule has 0 amide bonds. The van der Waals surface area contributed by atoms with E-state index in [4.69, 9.17) is 0 Å². The lowest BCUT2D eigenvalue weighted by molar-refractivity contribution is 0.0836. The lowest BCUT2D eigenvalue weighted by Crippen LogP contribution is -2.46. The highest BCUT2D eigenvalue weighted by Crippen LogP contribution is 2.22. The average molecular weight is 211 g/mol. The Morgan fingerprint density at radius 3 is 2.00 bits per heavy atom. The van der Waals surface area contributed by atoms with Crippen LogP contribution in [0.25, 0.3) is 0 Å². The minimum atomic E-state index is -0.0815. The molecule has 0 unspecified atom stereocenters. The van der Waals surface area contributed by atoms with Gasteiger partial charge in [0, 0.05) is 12.1 Å². The van der Waals surface area contributed by atoms with Crippen LogP contribution in [0.15, 0.2) is 0 Å². The summed E-state index contributed by atoms with van der Waals surface area (Å²) in [5.41, 5.74) is 0. The lowest BCUT2D eigenvalue weighted by atomic mass is 9.91. The molecule has 88 valence electrons. The quantitative estimate of drug-likeness (QED) is 0.688. The number of rotatable bonds is 2. The van der Waals surface area contributed by atoms with Gasteiger partial charge in [-0.2, -0.15) is 0 Å². The van der Waals surface area contributed by atoms with Crippen LogP contribution in [0, 0.1) is 0 Å². The first-order chi connectivity index (χ1) is 7.36. The van der Waals surface area contributed by atoms with Crippen molar-refractivity contribution >= 4 is 0 Å². The summed E-state index contributed by atoms with van der Waals surface area (Å²) >= 11 is 0. The Labute approximate surface area is 93.5 Å². The summed E-state index contributed by atoms with van der Waals surface area (Å²) in [4.78, 5) is 0. The normalized spacial score (nSPS) is 35.0. The summed E-state index contributed by atoms with van der Waals surface area (Å²) in [6.07, 6.45) is 12.8. The first kappa shape index (κ1) is 11.4. The van der Waals surface area contributed by atoms with E-state index in [1.807, 2.05) is 0 Å². The molecule has 0 aromatic rings. The standard InChI is InChI=1S/C13H25NO/c15-13-10-6-5-9-12(13)14-11-7-3-1-2-4-8-11/h11-15H,1-10H2/t12-,13-/m0/s1. The van der Waals surface area contributed by atoms with Gasteiger partial charge >= 0.3 is 0 Å². The van der Waals surface area contributed by atoms with E-state index >= 15 is 0 Å². The molecule has 2 atom stereocenters. The summed E-state index contributed by atoms with van der Waals surface area (Å²) < 4.78 is 0. The fourth-order valence-electron chi connectivity index (χ4n) is 3.05. The molecule has 15 heavy (non-hydrogen) atoms. The second-order valence-corrected chi connectivity index (χ2v) is 5.31. The molecule has 2 fully saturated rings. The van der Waals surface area contributed by atoms with E-state index in [1.54, 1.807) is 0 Å². The number of nitrogens with one attached hydrogen (secondary N) is 1. The van der Waals surface area contributed by atoms with Crippen molar-refractivity contribution in [3.05, 3.63) is 0 Å². The first-order valence-corrected chi connectivity index (χ1v) is 6.80. The Bertz CT molecular complexity index is 175. The summed E-state index contributed by atoms with van der Waals surface area (Å²) in [5, 5.41) is 13.6. The largest absolute Gasteiger partial charge is 0.392 e. The molecule has 2 aliphatic rings. The number of hydrogen-bond acceptors (Lipinski definition) is 2. The predicted molar refractivity (Wildman–Crippen MR) is 62.9 cm³/mol. The highest BCUT2D eigenvalue weighted by atomic mass is 16.3. The highest BCUT2D eigenvalue weighted by molar-refractivity contribution is 4.84. The summed E-state index contributed by atoms with van der Waals surface area (Å²) in [7, 11) is 0. The van der Waals surface area contributed by atoms with Crippen molar-refractivity contribution in [2.45, 2.75) is 82.4 Å². The first-order valence-electron chi connectivity index (χ1n) is 6.80. The van der Waals surface area contributed by atoms with Crippen LogP contribution in [0.5, 0.6) is 0 Å². The van der Waals surface area contributed by atoms with E-state index in [2.05, 4.69) is 5.32 Å². The van der Waals surface area contributed by atoms with Gasteiger partial charge in [0.05, 0.1) is 6.10 Å². The second kappa shape index (κ2) is 5.86. The van der Waals surface area contributed by atoms with Gasteiger partial charge in [0.2, 0.25) is 0 Å². The van der Waals surface area contributed by atoms with Gasteiger partial charge in [0.25, 0.3) is 0 Å². The van der Waals surface area contributed by atoms with Crippen LogP contribution in [0.2, 0.25) is 0 Å². The summed E-state index contributed by atoms with van der Waals surface area (Å²) in [6, 6.07) is 1.08. The minimum absolute atomic E-state index is 0.0815. The van der Waals surface area contributed by atoms with Crippen LogP contribution < -0.4 is 5.32 Å². The Kier molecular flexibility index (Phi) is 4.45. The van der Waals surface area contributed by atoms with Crippen molar-refractivity contribution in [2.24, 2.45) is 0 Å². The van der Waals surface area contributed by atoms with Crippen LogP contribution in [0.3, 0.4) is 0 Å². The maximum atomic E-state index is 9.91. The number of hydrogen-bond donors (Lipinski definition) is 2. The smallest absolute Gasteiger partial charge is 0.0693 e. The van der Waals surface area contributed by atoms with E-state index in [9.17, 15) is 5.11 Å². The van der Waals surface area contributed by atoms with Crippen LogP contribution in [0.4, 0.5) is 0 Å². The van der Waals surface area contributed by atoms with Crippen LogP contribution >= 0.6 is 0 Å². The molecule has 0 radical (unpaired) electrons. The third-order valence-electron chi connectivity index (χ3n) is 4.03. The molecular formula is C13H25NO. The van der Waals surface area contributed by atoms with E-state index in [0.29, 0.717) is 12.1 Å². The van der Waals surface area contributed by atoms with E-state index in [0.717, 1.165) is 6.42 Å². The molecule has 0 bridgehead atoms. The van der Waals surface area contributed by atoms with Gasteiger partial charge in [-0.25, -0.2) is 0 Å². The van der Waals surface area contributed by atoms with Gasteiger partial charge < -0.3 is 10.4 Å². The van der Waals surface area contributed by atoms with Crippen molar-refractivity contribution in [3.8, 4) is 0 Å². The molecule has 0 aliphatic heterocycles. The van der Waals surface area contributed by atoms with Crippen molar-refractivity contribution in [1.82, 2.24) is 5.32 Å². The van der Waals surface area contributed by atoms with E-state index < -0.39 is 0 Å². The molecule has 2 heteroatoms. The summed E-state index contributed by atoms with van der Waals surface area (Å²) in [6.45, 7) is 0. The Hall–Kier alpha value is -0.0800. The highest BCUT2D eigenvalue weighted by Gasteiger charge is 2.25. The average Bonchev–Trinajstić information content (AvgIpc) is 2.50. The zero-order chi connectivity index (χ0) is 10.5. The Balaban J connectivity index is 1.78. The molecule has 2 N–H and O–H groups in total. The van der Waals surface area contributed by atoms with Gasteiger partial charge in [-0.3, -0.25) is 0 Å². The SMILES string of the molecule is O[C@H]1CCCC[C@@H]1NC1CCCCCC1. The predicted octanol–water partition coefficient (Wildman–Crippen LogP) is 2.60. The van der Waals surface area contributed by atoms with E-state index in [1.165, 1.54) is 57.8 Å². The maximum absolute atomic E-state index is 9.91. The molecule has 2 aliphatic carbocycles. The fraction of sp³-hybridized carbons (Fsp3) is 1.00. The molecule has 0 spiro atoms. The molecule has 2 rings (SSSR count). The lowest BCUT2D eigenvalue weighted by Gasteiger charge is -2.32. The second-order valence-electron chi connectivity index (χ2n) is 5.31. The van der Waals surface area contributed by atoms with Gasteiger partial charge in [-0.05, 0) is 25.7 Å². The van der Waals surface area contributed by atoms with Gasteiger partial charge in [-0.15, -0.1) is 0 Å². The minimum Gasteiger partial charge on any atom is -0.392 e. The third-order valence-corrected chi connectivity index (χ3v) is 4.03. The Morgan fingerprint density at radius 2 is 1.33 bits per heavy atom. The van der Waals surface area contributed by atoms with Crippen LogP contribution in [-0.4, -0.2) is 23.3 Å². The van der Waals surface area contributed by atoms with E-state index in [-0.39, 0.29) is 6.10 Å². The number of aliphatic hydroxyl groups is 1. The molecule has 0 aromatic carbocycles. The van der Waals surface area contributed by atoms with Gasteiger partial charge in [-0.1, -0.05) is 38.5 Å². The summed E-state index contributed by atoms with van der Waals surface area (Å²) in [5.74, 6) is 0. The van der Waals surface area contributed by atoms with Crippen molar-refractivity contribution in [3.63, 3.8) is 0 Å². The Morgan fingerprint density at radius 1 is 0.733 bits per heavy atom. The molecule has 2 saturated carbocycles. The zero-order valence-corrected chi connectivity index (χ0v) is 9.75. The topological polar surface area (TPSA) is 32.3 Å². The molecule has 0 saturated heterocycles. The molecular weight excluding hydrogens is 186 g/mol. The van der Waals surface area contributed by atoms with Crippen LogP contribution in [0.1, 0.15) is 64.2 Å². The van der Waals surface area contributed by atoms with Crippen LogP contribution in [-0.2, 0) is 0 Å². The van der Waals surface area contributed by atoms with Crippen molar-refractivity contribution in [2.75, 3.05) is 0 Å². The number of aliphatic hydroxyl groups excluding tert-OH is 1. The zero-order valence-electron chi connectivity index (χ0n) is 9.75. The van der Waals surface area contributed by atoms with Crippen molar-refractivity contribution in [1.29, 1.82) is 0 Å².